The zero-order valence-corrected chi connectivity index (χ0v) is 10.5. The first-order chi connectivity index (χ1) is 9.13. The Bertz CT molecular complexity index is 633. The zero-order chi connectivity index (χ0) is 13.4. The molecule has 3 rings (SSSR count). The van der Waals surface area contributed by atoms with Crippen molar-refractivity contribution in [1.82, 2.24) is 0 Å². The van der Waals surface area contributed by atoms with Gasteiger partial charge in [-0.3, -0.25) is 0 Å². The normalized spacial score (nSPS) is 17.3. The number of ether oxygens (including phenoxy) is 1. The first-order valence-corrected chi connectivity index (χ1v) is 6.16. The van der Waals surface area contributed by atoms with Crippen molar-refractivity contribution in [3.8, 4) is 5.75 Å². The van der Waals surface area contributed by atoms with Gasteiger partial charge in [-0.25, -0.2) is 8.78 Å². The fraction of sp³-hybridized carbons (Fsp3) is 0.143. The monoisotopic (exact) mass is 281 g/mol. The molecule has 0 aliphatic carbocycles. The van der Waals surface area contributed by atoms with Crippen LogP contribution in [0.15, 0.2) is 36.4 Å². The molecule has 2 nitrogen and oxygen atoms in total. The zero-order valence-electron chi connectivity index (χ0n) is 9.79. The number of rotatable bonds is 1. The summed E-state index contributed by atoms with van der Waals surface area (Å²) in [5.41, 5.74) is 1.40. The van der Waals surface area contributed by atoms with E-state index in [4.69, 9.17) is 16.3 Å². The molecule has 0 radical (unpaired) electrons. The molecule has 0 bridgehead atoms. The van der Waals surface area contributed by atoms with Gasteiger partial charge >= 0.3 is 0 Å². The van der Waals surface area contributed by atoms with Gasteiger partial charge in [-0.15, -0.1) is 0 Å². The van der Waals surface area contributed by atoms with E-state index in [1.165, 1.54) is 24.3 Å². The van der Waals surface area contributed by atoms with Crippen molar-refractivity contribution in [2.75, 3.05) is 11.9 Å². The van der Waals surface area contributed by atoms with E-state index in [-0.39, 0.29) is 11.9 Å². The average Bonchev–Trinajstić information content (AvgIpc) is 2.38. The lowest BCUT2D eigenvalue weighted by atomic mass is 10.1. The van der Waals surface area contributed by atoms with Crippen LogP contribution < -0.4 is 10.1 Å². The Morgan fingerprint density at radius 3 is 2.63 bits per heavy atom. The number of fused-ring (bicyclic) bond motifs is 1. The minimum Gasteiger partial charge on any atom is -0.482 e. The molecule has 0 saturated heterocycles. The van der Waals surface area contributed by atoms with Gasteiger partial charge in [0, 0.05) is 11.6 Å². The van der Waals surface area contributed by atoms with Crippen molar-refractivity contribution in [1.29, 1.82) is 0 Å². The summed E-state index contributed by atoms with van der Waals surface area (Å²) in [7, 11) is 0. The summed E-state index contributed by atoms with van der Waals surface area (Å²) in [6.07, 6.45) is -0.373. The molecule has 1 aliphatic rings. The lowest BCUT2D eigenvalue weighted by Crippen LogP contribution is -2.24. The molecule has 1 N–H and O–H groups in total. The smallest absolute Gasteiger partial charge is 0.146 e. The number of anilines is 1. The molecule has 1 atom stereocenters. The summed E-state index contributed by atoms with van der Waals surface area (Å²) in [6.45, 7) is 0.490. The van der Waals surface area contributed by atoms with Crippen LogP contribution in [-0.2, 0) is 0 Å². The van der Waals surface area contributed by atoms with Crippen molar-refractivity contribution in [2.45, 2.75) is 6.10 Å². The van der Waals surface area contributed by atoms with Crippen LogP contribution in [0.1, 0.15) is 11.7 Å². The van der Waals surface area contributed by atoms with Gasteiger partial charge in [0.15, 0.2) is 0 Å². The number of hydrogen-bond acceptors (Lipinski definition) is 2. The second kappa shape index (κ2) is 4.70. The SMILES string of the molecule is Fc1ccc(C2CNc3ccc(F)cc3O2)c(Cl)c1. The lowest BCUT2D eigenvalue weighted by molar-refractivity contribution is 0.209. The van der Waals surface area contributed by atoms with E-state index >= 15 is 0 Å². The quantitative estimate of drug-likeness (QED) is 0.847. The molecule has 0 amide bonds. The minimum absolute atomic E-state index is 0.298. The van der Waals surface area contributed by atoms with Crippen molar-refractivity contribution < 1.29 is 13.5 Å². The molecule has 1 aliphatic heterocycles. The molecule has 5 heteroatoms. The Labute approximate surface area is 114 Å². The van der Waals surface area contributed by atoms with Gasteiger partial charge in [0.1, 0.15) is 23.5 Å². The molecule has 0 saturated carbocycles. The first-order valence-electron chi connectivity index (χ1n) is 5.78. The third-order valence-corrected chi connectivity index (χ3v) is 3.33. The Hall–Kier alpha value is -1.81. The summed E-state index contributed by atoms with van der Waals surface area (Å²) in [5, 5.41) is 3.43. The largest absolute Gasteiger partial charge is 0.482 e. The average molecular weight is 282 g/mol. The second-order valence-electron chi connectivity index (χ2n) is 4.29. The van der Waals surface area contributed by atoms with Gasteiger partial charge in [-0.1, -0.05) is 17.7 Å². The molecule has 1 unspecified atom stereocenters. The molecule has 0 aromatic heterocycles. The Morgan fingerprint density at radius 2 is 1.84 bits per heavy atom. The third-order valence-electron chi connectivity index (χ3n) is 3.00. The van der Waals surface area contributed by atoms with Crippen LogP contribution >= 0.6 is 11.6 Å². The lowest BCUT2D eigenvalue weighted by Gasteiger charge is -2.28. The van der Waals surface area contributed by atoms with E-state index in [1.807, 2.05) is 0 Å². The Morgan fingerprint density at radius 1 is 1.11 bits per heavy atom. The van der Waals surface area contributed by atoms with Crippen LogP contribution in [0.4, 0.5) is 14.5 Å². The van der Waals surface area contributed by atoms with Crippen molar-refractivity contribution >= 4 is 17.3 Å². The summed E-state index contributed by atoms with van der Waals surface area (Å²) < 4.78 is 31.9. The highest BCUT2D eigenvalue weighted by Gasteiger charge is 2.23. The molecule has 19 heavy (non-hydrogen) atoms. The summed E-state index contributed by atoms with van der Waals surface area (Å²) in [5.74, 6) is -0.341. The van der Waals surface area contributed by atoms with E-state index in [1.54, 1.807) is 12.1 Å². The van der Waals surface area contributed by atoms with Gasteiger partial charge in [0.25, 0.3) is 0 Å². The molecule has 0 spiro atoms. The molecular weight excluding hydrogens is 272 g/mol. The molecule has 1 heterocycles. The van der Waals surface area contributed by atoms with Gasteiger partial charge < -0.3 is 10.1 Å². The topological polar surface area (TPSA) is 21.3 Å². The maximum atomic E-state index is 13.2. The van der Waals surface area contributed by atoms with E-state index < -0.39 is 5.82 Å². The van der Waals surface area contributed by atoms with Crippen LogP contribution in [-0.4, -0.2) is 6.54 Å². The highest BCUT2D eigenvalue weighted by molar-refractivity contribution is 6.31. The first kappa shape index (κ1) is 12.2. The summed E-state index contributed by atoms with van der Waals surface area (Å²) in [6, 6.07) is 8.43. The van der Waals surface area contributed by atoms with Gasteiger partial charge in [-0.05, 0) is 24.3 Å². The fourth-order valence-corrected chi connectivity index (χ4v) is 2.36. The number of benzene rings is 2. The predicted molar refractivity (Wildman–Crippen MR) is 69.7 cm³/mol. The molecule has 2 aromatic rings. The third kappa shape index (κ3) is 2.36. The van der Waals surface area contributed by atoms with Crippen molar-refractivity contribution in [3.63, 3.8) is 0 Å². The standard InChI is InChI=1S/C14H10ClF2NO/c15-11-5-8(16)1-3-10(11)14-7-18-12-4-2-9(17)6-13(12)19-14/h1-6,14,18H,7H2. The van der Waals surface area contributed by atoms with Crippen LogP contribution in [0, 0.1) is 11.6 Å². The number of hydrogen-bond donors (Lipinski definition) is 1. The van der Waals surface area contributed by atoms with Gasteiger partial charge in [0.2, 0.25) is 0 Å². The molecule has 2 aromatic carbocycles. The van der Waals surface area contributed by atoms with Gasteiger partial charge in [-0.2, -0.15) is 0 Å². The maximum Gasteiger partial charge on any atom is 0.146 e. The Balaban J connectivity index is 1.93. The van der Waals surface area contributed by atoms with Crippen LogP contribution in [0.25, 0.3) is 0 Å². The molecular formula is C14H10ClF2NO. The fourth-order valence-electron chi connectivity index (χ4n) is 2.07. The van der Waals surface area contributed by atoms with Crippen molar-refractivity contribution in [3.05, 3.63) is 58.6 Å². The van der Waals surface area contributed by atoms with Crippen LogP contribution in [0.2, 0.25) is 5.02 Å². The Kier molecular flexibility index (Phi) is 3.03. The predicted octanol–water partition coefficient (Wildman–Crippen LogP) is 4.16. The van der Waals surface area contributed by atoms with E-state index in [2.05, 4.69) is 5.32 Å². The second-order valence-corrected chi connectivity index (χ2v) is 4.70. The highest BCUT2D eigenvalue weighted by atomic mass is 35.5. The van der Waals surface area contributed by atoms with Crippen molar-refractivity contribution in [2.24, 2.45) is 0 Å². The van der Waals surface area contributed by atoms with Gasteiger partial charge in [0.05, 0.1) is 17.3 Å². The van der Waals surface area contributed by atoms with E-state index in [9.17, 15) is 8.78 Å². The molecule has 98 valence electrons. The van der Waals surface area contributed by atoms with E-state index in [0.29, 0.717) is 22.9 Å². The number of halogens is 3. The minimum atomic E-state index is -0.399. The van der Waals surface area contributed by atoms with Crippen LogP contribution in [0.5, 0.6) is 5.75 Å². The number of nitrogens with one attached hydrogen (secondary N) is 1. The highest BCUT2D eigenvalue weighted by Crippen LogP contribution is 2.36. The van der Waals surface area contributed by atoms with E-state index in [0.717, 1.165) is 5.69 Å². The summed E-state index contributed by atoms with van der Waals surface area (Å²) >= 11 is 6.00. The maximum absolute atomic E-state index is 13.2. The molecule has 0 fully saturated rings. The van der Waals surface area contributed by atoms with Crippen LogP contribution in [0.3, 0.4) is 0 Å². The summed E-state index contributed by atoms with van der Waals surface area (Å²) in [4.78, 5) is 0.